The number of hydrogen-bond donors (Lipinski definition) is 1. The standard InChI is InChI=1S/C29H43NO2/c1-3-5-7-9-10-11-12-13-15-25-16-19-27(20-17-25)30-24-26-18-21-28(23-29(26)31)32-22-14-8-6-4-2/h16-21,23-24,31H,3-15,22H2,1-2H3. The molecule has 0 bridgehead atoms. The molecule has 2 aromatic carbocycles. The van der Waals surface area contributed by atoms with Crippen LogP contribution in [0.3, 0.4) is 0 Å². The normalized spacial score (nSPS) is 11.3. The molecule has 0 unspecified atom stereocenters. The van der Waals surface area contributed by atoms with Gasteiger partial charge in [0.15, 0.2) is 0 Å². The van der Waals surface area contributed by atoms with Crippen molar-refractivity contribution in [3.05, 3.63) is 53.6 Å². The first-order valence-electron chi connectivity index (χ1n) is 12.8. The van der Waals surface area contributed by atoms with Crippen LogP contribution in [-0.2, 0) is 6.42 Å². The Morgan fingerprint density at radius 1 is 0.750 bits per heavy atom. The van der Waals surface area contributed by atoms with Gasteiger partial charge in [0.1, 0.15) is 11.5 Å². The molecule has 0 atom stereocenters. The highest BCUT2D eigenvalue weighted by Gasteiger charge is 2.02. The van der Waals surface area contributed by atoms with E-state index in [2.05, 4.69) is 43.1 Å². The van der Waals surface area contributed by atoms with Gasteiger partial charge in [-0.3, -0.25) is 4.99 Å². The minimum atomic E-state index is 0.200. The molecule has 0 saturated heterocycles. The average molecular weight is 438 g/mol. The summed E-state index contributed by atoms with van der Waals surface area (Å²) in [5, 5.41) is 10.3. The third-order valence-electron chi connectivity index (χ3n) is 5.88. The van der Waals surface area contributed by atoms with E-state index in [4.69, 9.17) is 4.74 Å². The first kappa shape index (κ1) is 26.0. The summed E-state index contributed by atoms with van der Waals surface area (Å²) < 4.78 is 5.73. The fourth-order valence-electron chi connectivity index (χ4n) is 3.80. The van der Waals surface area contributed by atoms with E-state index in [1.165, 1.54) is 76.2 Å². The maximum Gasteiger partial charge on any atom is 0.128 e. The molecule has 0 amide bonds. The highest BCUT2D eigenvalue weighted by atomic mass is 16.5. The predicted molar refractivity (Wildman–Crippen MR) is 138 cm³/mol. The van der Waals surface area contributed by atoms with E-state index >= 15 is 0 Å². The summed E-state index contributed by atoms with van der Waals surface area (Å²) in [7, 11) is 0. The Bertz CT molecular complexity index is 767. The molecule has 0 aromatic heterocycles. The molecule has 1 N–H and O–H groups in total. The molecule has 2 rings (SSSR count). The molecule has 0 aliphatic rings. The highest BCUT2D eigenvalue weighted by Crippen LogP contribution is 2.24. The number of ether oxygens (including phenoxy) is 1. The minimum Gasteiger partial charge on any atom is -0.507 e. The van der Waals surface area contributed by atoms with Crippen LogP contribution in [0.25, 0.3) is 0 Å². The predicted octanol–water partition coefficient (Wildman–Crippen LogP) is 8.79. The third kappa shape index (κ3) is 10.8. The second-order valence-corrected chi connectivity index (χ2v) is 8.78. The first-order chi connectivity index (χ1) is 15.7. The van der Waals surface area contributed by atoms with Crippen molar-refractivity contribution >= 4 is 11.9 Å². The lowest BCUT2D eigenvalue weighted by molar-refractivity contribution is 0.303. The molecule has 0 radical (unpaired) electrons. The molecule has 176 valence electrons. The van der Waals surface area contributed by atoms with Crippen LogP contribution in [0.1, 0.15) is 102 Å². The van der Waals surface area contributed by atoms with Crippen LogP contribution in [0.15, 0.2) is 47.5 Å². The van der Waals surface area contributed by atoms with Crippen LogP contribution in [0, 0.1) is 0 Å². The summed E-state index contributed by atoms with van der Waals surface area (Å²) in [6.45, 7) is 5.16. The zero-order valence-corrected chi connectivity index (χ0v) is 20.3. The second-order valence-electron chi connectivity index (χ2n) is 8.78. The van der Waals surface area contributed by atoms with Crippen molar-refractivity contribution in [1.29, 1.82) is 0 Å². The molecule has 0 aliphatic heterocycles. The van der Waals surface area contributed by atoms with E-state index < -0.39 is 0 Å². The van der Waals surface area contributed by atoms with E-state index in [1.807, 2.05) is 12.1 Å². The quantitative estimate of drug-likeness (QED) is 0.198. The molecule has 2 aromatic rings. The van der Waals surface area contributed by atoms with E-state index in [0.29, 0.717) is 17.9 Å². The zero-order chi connectivity index (χ0) is 22.9. The van der Waals surface area contributed by atoms with E-state index in [1.54, 1.807) is 12.3 Å². The maximum absolute atomic E-state index is 10.3. The molecule has 3 nitrogen and oxygen atoms in total. The first-order valence-corrected chi connectivity index (χ1v) is 12.8. The van der Waals surface area contributed by atoms with Gasteiger partial charge < -0.3 is 9.84 Å². The monoisotopic (exact) mass is 437 g/mol. The molecule has 0 aliphatic carbocycles. The van der Waals surface area contributed by atoms with Gasteiger partial charge in [0.25, 0.3) is 0 Å². The highest BCUT2D eigenvalue weighted by molar-refractivity contribution is 5.85. The molecular weight excluding hydrogens is 394 g/mol. The fourth-order valence-corrected chi connectivity index (χ4v) is 3.80. The number of aryl methyl sites for hydroxylation is 1. The number of aromatic hydroxyl groups is 1. The number of nitrogens with zero attached hydrogens (tertiary/aromatic N) is 1. The van der Waals surface area contributed by atoms with Crippen LogP contribution in [0.5, 0.6) is 11.5 Å². The van der Waals surface area contributed by atoms with E-state index in [0.717, 1.165) is 18.5 Å². The summed E-state index contributed by atoms with van der Waals surface area (Å²) in [4.78, 5) is 4.52. The zero-order valence-electron chi connectivity index (χ0n) is 20.3. The number of phenolic OH excluding ortho intramolecular Hbond substituents is 1. The molecule has 0 saturated carbocycles. The van der Waals surface area contributed by atoms with Gasteiger partial charge in [0.2, 0.25) is 0 Å². The van der Waals surface area contributed by atoms with Gasteiger partial charge in [-0.15, -0.1) is 0 Å². The van der Waals surface area contributed by atoms with Crippen molar-refractivity contribution in [3.63, 3.8) is 0 Å². The van der Waals surface area contributed by atoms with Crippen molar-refractivity contribution in [1.82, 2.24) is 0 Å². The number of phenols is 1. The maximum atomic E-state index is 10.3. The Morgan fingerprint density at radius 3 is 2.03 bits per heavy atom. The van der Waals surface area contributed by atoms with Gasteiger partial charge in [0, 0.05) is 17.8 Å². The van der Waals surface area contributed by atoms with Crippen LogP contribution in [0.2, 0.25) is 0 Å². The van der Waals surface area contributed by atoms with Crippen molar-refractivity contribution in [2.45, 2.75) is 97.3 Å². The van der Waals surface area contributed by atoms with Crippen molar-refractivity contribution < 1.29 is 9.84 Å². The van der Waals surface area contributed by atoms with Crippen molar-refractivity contribution in [2.24, 2.45) is 4.99 Å². The number of unbranched alkanes of at least 4 members (excludes halogenated alkanes) is 10. The smallest absolute Gasteiger partial charge is 0.128 e. The van der Waals surface area contributed by atoms with Gasteiger partial charge in [-0.05, 0) is 49.1 Å². The SMILES string of the molecule is CCCCCCCCCCc1ccc(N=Cc2ccc(OCCCCCC)cc2O)cc1. The van der Waals surface area contributed by atoms with Crippen LogP contribution < -0.4 is 4.74 Å². The summed E-state index contributed by atoms with van der Waals surface area (Å²) in [5.41, 5.74) is 2.98. The van der Waals surface area contributed by atoms with Crippen molar-refractivity contribution in [3.8, 4) is 11.5 Å². The van der Waals surface area contributed by atoms with E-state index in [9.17, 15) is 5.11 Å². The number of benzene rings is 2. The van der Waals surface area contributed by atoms with Crippen LogP contribution in [-0.4, -0.2) is 17.9 Å². The second kappa shape index (κ2) is 16.4. The number of aliphatic imine (C=N–C) groups is 1. The van der Waals surface area contributed by atoms with Gasteiger partial charge >= 0.3 is 0 Å². The average Bonchev–Trinajstić information content (AvgIpc) is 2.81. The topological polar surface area (TPSA) is 41.8 Å². The Hall–Kier alpha value is -2.29. The van der Waals surface area contributed by atoms with Crippen LogP contribution in [0.4, 0.5) is 5.69 Å². The molecule has 0 heterocycles. The fraction of sp³-hybridized carbons (Fsp3) is 0.552. The molecular formula is C29H43NO2. The molecule has 0 fully saturated rings. The van der Waals surface area contributed by atoms with Gasteiger partial charge in [-0.2, -0.15) is 0 Å². The van der Waals surface area contributed by atoms with Gasteiger partial charge in [0.05, 0.1) is 12.3 Å². The lowest BCUT2D eigenvalue weighted by Gasteiger charge is -2.07. The largest absolute Gasteiger partial charge is 0.507 e. The van der Waals surface area contributed by atoms with E-state index in [-0.39, 0.29) is 5.75 Å². The van der Waals surface area contributed by atoms with Gasteiger partial charge in [-0.1, -0.05) is 90.2 Å². The minimum absolute atomic E-state index is 0.200. The Balaban J connectivity index is 1.71. The summed E-state index contributed by atoms with van der Waals surface area (Å²) in [5.74, 6) is 0.910. The molecule has 32 heavy (non-hydrogen) atoms. The molecule has 0 spiro atoms. The lowest BCUT2D eigenvalue weighted by atomic mass is 10.0. The van der Waals surface area contributed by atoms with Gasteiger partial charge in [-0.25, -0.2) is 0 Å². The van der Waals surface area contributed by atoms with Crippen molar-refractivity contribution in [2.75, 3.05) is 6.61 Å². The summed E-state index contributed by atoms with van der Waals surface area (Å²) >= 11 is 0. The lowest BCUT2D eigenvalue weighted by Crippen LogP contribution is -1.97. The third-order valence-corrected chi connectivity index (χ3v) is 5.88. The van der Waals surface area contributed by atoms with Crippen LogP contribution >= 0.6 is 0 Å². The Morgan fingerprint density at radius 2 is 1.38 bits per heavy atom. The number of hydrogen-bond acceptors (Lipinski definition) is 3. The molecule has 3 heteroatoms. The Labute approximate surface area is 195 Å². The Kier molecular flexibility index (Phi) is 13.3. The number of rotatable bonds is 17. The summed E-state index contributed by atoms with van der Waals surface area (Å²) in [6, 6.07) is 13.9. The summed E-state index contributed by atoms with van der Waals surface area (Å²) in [6.07, 6.45) is 18.4.